The van der Waals surface area contributed by atoms with E-state index in [2.05, 4.69) is 171 Å². The molecule has 1 saturated heterocycles. The molecule has 7 aromatic rings. The summed E-state index contributed by atoms with van der Waals surface area (Å²) in [6.07, 6.45) is 1.86. The van der Waals surface area contributed by atoms with Crippen LogP contribution in [0, 0.1) is 0 Å². The topological polar surface area (TPSA) is 70.0 Å². The average molecular weight is 745 g/mol. The highest BCUT2D eigenvalue weighted by atomic mass is 16.7. The summed E-state index contributed by atoms with van der Waals surface area (Å²) in [5, 5.41) is 0. The quantitative estimate of drug-likeness (QED) is 0.164. The lowest BCUT2D eigenvalue weighted by molar-refractivity contribution is 0.00578. The maximum Gasteiger partial charge on any atom is 0.494 e. The monoisotopic (exact) mass is 744 g/mol. The highest BCUT2D eigenvalue weighted by Gasteiger charge is 2.51. The van der Waals surface area contributed by atoms with Crippen LogP contribution >= 0.6 is 0 Å². The minimum Gasteiger partial charge on any atom is -0.399 e. The van der Waals surface area contributed by atoms with Gasteiger partial charge < -0.3 is 9.31 Å². The molecule has 3 heterocycles. The number of nitrogens with zero attached hydrogens (tertiary/aromatic N) is 4. The average Bonchev–Trinajstić information content (AvgIpc) is 3.70. The van der Waals surface area contributed by atoms with Crippen LogP contribution in [-0.2, 0) is 20.1 Å². The molecule has 0 saturated carbocycles. The lowest BCUT2D eigenvalue weighted by Crippen LogP contribution is -2.41. The summed E-state index contributed by atoms with van der Waals surface area (Å²) < 4.78 is 12.6. The minimum absolute atomic E-state index is 0.0893. The second kappa shape index (κ2) is 12.4. The van der Waals surface area contributed by atoms with Gasteiger partial charge in [-0.2, -0.15) is 0 Å². The maximum absolute atomic E-state index is 6.28. The summed E-state index contributed by atoms with van der Waals surface area (Å²) in [6, 6.07) is 43.1. The van der Waals surface area contributed by atoms with Crippen molar-refractivity contribution in [2.75, 3.05) is 0 Å². The van der Waals surface area contributed by atoms with Crippen LogP contribution in [0.1, 0.15) is 77.6 Å². The van der Waals surface area contributed by atoms with Crippen LogP contribution in [-0.4, -0.2) is 38.3 Å². The van der Waals surface area contributed by atoms with E-state index in [1.54, 1.807) is 0 Å². The number of hydrogen-bond donors (Lipinski definition) is 0. The van der Waals surface area contributed by atoms with Crippen molar-refractivity contribution in [2.24, 2.45) is 0 Å². The van der Waals surface area contributed by atoms with Crippen LogP contribution in [0.4, 0.5) is 0 Å². The Labute approximate surface area is 335 Å². The lowest BCUT2D eigenvalue weighted by atomic mass is 9.79. The van der Waals surface area contributed by atoms with Gasteiger partial charge in [-0.3, -0.25) is 4.98 Å². The fourth-order valence-electron chi connectivity index (χ4n) is 8.97. The van der Waals surface area contributed by atoms with E-state index in [0.717, 1.165) is 33.4 Å². The predicted molar refractivity (Wildman–Crippen MR) is 230 cm³/mol. The molecule has 0 bridgehead atoms. The second-order valence-electron chi connectivity index (χ2n) is 17.8. The van der Waals surface area contributed by atoms with Crippen LogP contribution in [0.3, 0.4) is 0 Å². The van der Waals surface area contributed by atoms with E-state index in [1.807, 2.05) is 12.3 Å². The first kappa shape index (κ1) is 35.6. The molecule has 0 unspecified atom stereocenters. The van der Waals surface area contributed by atoms with E-state index >= 15 is 0 Å². The summed E-state index contributed by atoms with van der Waals surface area (Å²) in [7, 11) is -0.412. The molecule has 1 fully saturated rings. The van der Waals surface area contributed by atoms with Crippen LogP contribution in [0.2, 0.25) is 0 Å². The maximum atomic E-state index is 6.28. The third kappa shape index (κ3) is 5.54. The smallest absolute Gasteiger partial charge is 0.399 e. The number of hydrogen-bond acceptors (Lipinski definition) is 6. The molecule has 2 aliphatic carbocycles. The van der Waals surface area contributed by atoms with E-state index in [-0.39, 0.29) is 10.8 Å². The molecule has 6 nitrogen and oxygen atoms in total. The third-order valence-corrected chi connectivity index (χ3v) is 13.1. The Hall–Kier alpha value is -5.76. The van der Waals surface area contributed by atoms with E-state index in [0.29, 0.717) is 17.5 Å². The molecule has 0 atom stereocenters. The Morgan fingerprint density at radius 1 is 0.421 bits per heavy atom. The molecule has 1 aliphatic heterocycles. The van der Waals surface area contributed by atoms with Crippen molar-refractivity contribution in [3.8, 4) is 67.7 Å². The van der Waals surface area contributed by atoms with Gasteiger partial charge in [-0.1, -0.05) is 125 Å². The van der Waals surface area contributed by atoms with Crippen molar-refractivity contribution in [1.82, 2.24) is 19.9 Å². The summed E-state index contributed by atoms with van der Waals surface area (Å²) in [6.45, 7) is 17.5. The number of pyridine rings is 1. The van der Waals surface area contributed by atoms with Gasteiger partial charge in [0.25, 0.3) is 0 Å². The molecular formula is C50H45BN4O2. The van der Waals surface area contributed by atoms with Crippen LogP contribution < -0.4 is 5.46 Å². The number of fused-ring (bicyclic) bond motifs is 6. The molecule has 280 valence electrons. The van der Waals surface area contributed by atoms with Gasteiger partial charge in [0, 0.05) is 39.3 Å². The Kier molecular flexibility index (Phi) is 7.74. The van der Waals surface area contributed by atoms with E-state index in [1.165, 1.54) is 44.5 Å². The molecule has 5 aromatic carbocycles. The molecule has 0 N–H and O–H groups in total. The zero-order valence-electron chi connectivity index (χ0n) is 33.8. The highest BCUT2D eigenvalue weighted by Crippen LogP contribution is 2.51. The van der Waals surface area contributed by atoms with Crippen molar-refractivity contribution < 1.29 is 9.31 Å². The molecule has 10 rings (SSSR count). The van der Waals surface area contributed by atoms with Crippen molar-refractivity contribution in [3.05, 3.63) is 150 Å². The van der Waals surface area contributed by atoms with Crippen molar-refractivity contribution in [1.29, 1.82) is 0 Å². The van der Waals surface area contributed by atoms with Gasteiger partial charge in [-0.25, -0.2) is 15.0 Å². The van der Waals surface area contributed by atoms with Gasteiger partial charge >= 0.3 is 7.12 Å². The first-order valence-electron chi connectivity index (χ1n) is 19.9. The van der Waals surface area contributed by atoms with Gasteiger partial charge in [0.2, 0.25) is 0 Å². The minimum atomic E-state index is -0.412. The number of aromatic nitrogens is 4. The Bertz CT molecular complexity index is 2610. The molecule has 0 spiro atoms. The van der Waals surface area contributed by atoms with Gasteiger partial charge in [0.1, 0.15) is 0 Å². The summed E-state index contributed by atoms with van der Waals surface area (Å²) >= 11 is 0. The Balaban J connectivity index is 1.05. The Morgan fingerprint density at radius 2 is 0.842 bits per heavy atom. The van der Waals surface area contributed by atoms with Crippen LogP contribution in [0.5, 0.6) is 0 Å². The highest BCUT2D eigenvalue weighted by molar-refractivity contribution is 6.62. The molecule has 3 aliphatic rings. The SMILES string of the molecule is CC1(C)c2ccccc2-c2cc(-c3nc(-c4ccc(-c5ccc(B6OC(C)(C)C(C)(C)O6)cc5)nc4)nc(-c4ccc5c(c4)-c4ccccc4C5(C)C)n3)ccc21. The summed E-state index contributed by atoms with van der Waals surface area (Å²) in [5.41, 5.74) is 14.9. The van der Waals surface area contributed by atoms with Gasteiger partial charge in [0.15, 0.2) is 17.5 Å². The molecule has 7 heteroatoms. The van der Waals surface area contributed by atoms with Crippen LogP contribution in [0.25, 0.3) is 67.7 Å². The van der Waals surface area contributed by atoms with Crippen molar-refractivity contribution >= 4 is 12.6 Å². The van der Waals surface area contributed by atoms with Crippen molar-refractivity contribution in [3.63, 3.8) is 0 Å². The van der Waals surface area contributed by atoms with Gasteiger partial charge in [-0.15, -0.1) is 0 Å². The zero-order valence-corrected chi connectivity index (χ0v) is 33.8. The molecule has 0 radical (unpaired) electrons. The van der Waals surface area contributed by atoms with E-state index in [9.17, 15) is 0 Å². The lowest BCUT2D eigenvalue weighted by Gasteiger charge is -2.32. The second-order valence-corrected chi connectivity index (χ2v) is 17.8. The largest absolute Gasteiger partial charge is 0.494 e. The van der Waals surface area contributed by atoms with Crippen molar-refractivity contribution in [2.45, 2.75) is 77.4 Å². The Morgan fingerprint density at radius 3 is 1.32 bits per heavy atom. The summed E-state index contributed by atoms with van der Waals surface area (Å²) in [4.78, 5) is 20.4. The number of benzene rings is 5. The zero-order chi connectivity index (χ0) is 39.5. The molecule has 0 amide bonds. The van der Waals surface area contributed by atoms with E-state index in [4.69, 9.17) is 29.2 Å². The third-order valence-electron chi connectivity index (χ3n) is 13.1. The fourth-order valence-corrected chi connectivity index (χ4v) is 8.97. The molecule has 57 heavy (non-hydrogen) atoms. The van der Waals surface area contributed by atoms with Gasteiger partial charge in [0.05, 0.1) is 16.9 Å². The normalized spacial score (nSPS) is 17.5. The van der Waals surface area contributed by atoms with E-state index < -0.39 is 18.3 Å². The first-order chi connectivity index (χ1) is 27.2. The standard InChI is InChI=1S/C50H45BN4O2/c1-47(2)39-15-11-9-13-35(39)37-27-31(19-24-41(37)47)44-53-45(32-20-25-42-38(28-32)36-14-10-12-16-40(36)48(42,3)4)55-46(54-44)33-21-26-43(52-29-33)30-17-22-34(23-18-30)51-56-49(5,6)50(7,8)57-51/h9-29H,1-8H3. The molecular weight excluding hydrogens is 699 g/mol. The first-order valence-corrected chi connectivity index (χ1v) is 19.9. The molecule has 2 aromatic heterocycles. The fraction of sp³-hybridized carbons (Fsp3) is 0.240. The van der Waals surface area contributed by atoms with Crippen LogP contribution in [0.15, 0.2) is 128 Å². The van der Waals surface area contributed by atoms with Gasteiger partial charge in [-0.05, 0) is 102 Å². The summed E-state index contributed by atoms with van der Waals surface area (Å²) in [5.74, 6) is 1.83. The number of rotatable bonds is 5. The predicted octanol–water partition coefficient (Wildman–Crippen LogP) is 10.8.